The molecule has 0 atom stereocenters. The molecule has 138 valence electrons. The smallest absolute Gasteiger partial charge is 0.269 e. The predicted octanol–water partition coefficient (Wildman–Crippen LogP) is 2.29. The van der Waals surface area contributed by atoms with E-state index in [-0.39, 0.29) is 22.9 Å². The second-order valence-electron chi connectivity index (χ2n) is 5.93. The number of rotatable bonds is 7. The minimum absolute atomic E-state index is 0.104. The zero-order valence-corrected chi connectivity index (χ0v) is 14.6. The van der Waals surface area contributed by atoms with Crippen LogP contribution in [0.2, 0.25) is 0 Å². The average molecular weight is 362 g/mol. The van der Waals surface area contributed by atoms with Crippen molar-refractivity contribution in [2.75, 3.05) is 32.5 Å². The van der Waals surface area contributed by atoms with Crippen LogP contribution in [-0.4, -0.2) is 48.9 Å². The van der Waals surface area contributed by atoms with Gasteiger partial charge in [-0.05, 0) is 51.3 Å². The zero-order valence-electron chi connectivity index (χ0n) is 14.6. The molecular weight excluding hydrogens is 342 g/mol. The minimum atomic E-state index is -1.06. The highest BCUT2D eigenvalue weighted by Gasteiger charge is 2.13. The van der Waals surface area contributed by atoms with Gasteiger partial charge in [0.25, 0.3) is 11.8 Å². The summed E-state index contributed by atoms with van der Waals surface area (Å²) < 4.78 is 26.1. The van der Waals surface area contributed by atoms with E-state index in [4.69, 9.17) is 0 Å². The van der Waals surface area contributed by atoms with Crippen molar-refractivity contribution in [1.29, 1.82) is 0 Å². The van der Waals surface area contributed by atoms with Gasteiger partial charge in [0.15, 0.2) is 11.6 Å². The number of anilines is 1. The molecule has 26 heavy (non-hydrogen) atoms. The van der Waals surface area contributed by atoms with E-state index in [0.29, 0.717) is 6.54 Å². The van der Waals surface area contributed by atoms with E-state index in [1.165, 1.54) is 24.4 Å². The molecule has 0 radical (unpaired) electrons. The van der Waals surface area contributed by atoms with E-state index in [1.54, 1.807) is 0 Å². The third-order valence-corrected chi connectivity index (χ3v) is 3.50. The largest absolute Gasteiger partial charge is 0.351 e. The number of carbonyl (C=O) groups excluding carboxylic acids is 2. The van der Waals surface area contributed by atoms with Gasteiger partial charge in [-0.25, -0.2) is 8.78 Å². The maximum atomic E-state index is 13.2. The maximum Gasteiger partial charge on any atom is 0.269 e. The highest BCUT2D eigenvalue weighted by molar-refractivity contribution is 6.05. The third kappa shape index (κ3) is 5.59. The second kappa shape index (κ2) is 9.00. The molecule has 0 bridgehead atoms. The van der Waals surface area contributed by atoms with Gasteiger partial charge in [0.2, 0.25) is 0 Å². The molecule has 1 heterocycles. The van der Waals surface area contributed by atoms with Crippen LogP contribution in [0.4, 0.5) is 14.5 Å². The summed E-state index contributed by atoms with van der Waals surface area (Å²) in [6.07, 6.45) is 2.13. The van der Waals surface area contributed by atoms with E-state index < -0.39 is 17.5 Å². The molecule has 0 saturated heterocycles. The fourth-order valence-corrected chi connectivity index (χ4v) is 2.16. The molecular formula is C18H20F2N4O2. The lowest BCUT2D eigenvalue weighted by Crippen LogP contribution is -2.28. The first-order valence-corrected chi connectivity index (χ1v) is 8.02. The van der Waals surface area contributed by atoms with Crippen LogP contribution in [0.25, 0.3) is 0 Å². The van der Waals surface area contributed by atoms with Crippen LogP contribution >= 0.6 is 0 Å². The van der Waals surface area contributed by atoms with Gasteiger partial charge in [0, 0.05) is 30.1 Å². The van der Waals surface area contributed by atoms with Gasteiger partial charge in [-0.15, -0.1) is 0 Å². The van der Waals surface area contributed by atoms with E-state index in [0.717, 1.165) is 25.1 Å². The van der Waals surface area contributed by atoms with E-state index >= 15 is 0 Å². The predicted molar refractivity (Wildman–Crippen MR) is 94.1 cm³/mol. The fraction of sp³-hybridized carbons (Fsp3) is 0.278. The number of nitrogens with one attached hydrogen (secondary N) is 2. The number of benzene rings is 1. The molecule has 8 heteroatoms. The van der Waals surface area contributed by atoms with Gasteiger partial charge in [-0.1, -0.05) is 0 Å². The van der Waals surface area contributed by atoms with Crippen molar-refractivity contribution >= 4 is 17.5 Å². The van der Waals surface area contributed by atoms with Crippen molar-refractivity contribution in [3.05, 3.63) is 59.4 Å². The van der Waals surface area contributed by atoms with Crippen LogP contribution in [-0.2, 0) is 0 Å². The highest BCUT2D eigenvalue weighted by atomic mass is 19.2. The van der Waals surface area contributed by atoms with E-state index in [1.807, 2.05) is 19.0 Å². The number of halogens is 2. The van der Waals surface area contributed by atoms with Crippen LogP contribution in [0.3, 0.4) is 0 Å². The number of carbonyl (C=O) groups is 2. The number of pyridine rings is 1. The van der Waals surface area contributed by atoms with Crippen LogP contribution in [0, 0.1) is 11.6 Å². The molecule has 1 aromatic carbocycles. The van der Waals surface area contributed by atoms with Crippen molar-refractivity contribution in [3.63, 3.8) is 0 Å². The molecule has 0 aliphatic rings. The topological polar surface area (TPSA) is 74.3 Å². The van der Waals surface area contributed by atoms with Gasteiger partial charge in [0.1, 0.15) is 5.69 Å². The first-order valence-electron chi connectivity index (χ1n) is 8.02. The Labute approximate surface area is 150 Å². The number of hydrogen-bond acceptors (Lipinski definition) is 4. The fourth-order valence-electron chi connectivity index (χ4n) is 2.16. The van der Waals surface area contributed by atoms with Crippen LogP contribution < -0.4 is 10.6 Å². The first kappa shape index (κ1) is 19.5. The molecule has 2 aromatic rings. The van der Waals surface area contributed by atoms with Crippen molar-refractivity contribution in [1.82, 2.24) is 15.2 Å². The molecule has 0 saturated carbocycles. The average Bonchev–Trinajstić information content (AvgIpc) is 2.61. The van der Waals surface area contributed by atoms with Crippen molar-refractivity contribution in [2.24, 2.45) is 0 Å². The number of nitrogens with zero attached hydrogens (tertiary/aromatic N) is 2. The Kier molecular flexibility index (Phi) is 6.74. The van der Waals surface area contributed by atoms with Gasteiger partial charge in [-0.2, -0.15) is 0 Å². The first-order chi connectivity index (χ1) is 12.4. The summed E-state index contributed by atoms with van der Waals surface area (Å²) in [5.74, 6) is -3.00. The van der Waals surface area contributed by atoms with Gasteiger partial charge in [0.05, 0.1) is 0 Å². The van der Waals surface area contributed by atoms with E-state index in [9.17, 15) is 18.4 Å². The van der Waals surface area contributed by atoms with Crippen molar-refractivity contribution in [2.45, 2.75) is 6.42 Å². The van der Waals surface area contributed by atoms with Gasteiger partial charge < -0.3 is 15.5 Å². The summed E-state index contributed by atoms with van der Waals surface area (Å²) in [5.41, 5.74) is 0.399. The standard InChI is InChI=1S/C18H20F2N4O2/c1-24(2)9-3-7-22-18(26)16-10-12(6-8-21-16)17(25)23-13-4-5-14(19)15(20)11-13/h4-6,8,10-11H,3,7,9H2,1-2H3,(H,22,26)(H,23,25). The molecule has 0 aliphatic heterocycles. The summed E-state index contributed by atoms with van der Waals surface area (Å²) in [6.45, 7) is 1.33. The normalized spacial score (nSPS) is 10.7. The Bertz CT molecular complexity index is 797. The second-order valence-corrected chi connectivity index (χ2v) is 5.93. The zero-order chi connectivity index (χ0) is 19.1. The van der Waals surface area contributed by atoms with Crippen LogP contribution in [0.1, 0.15) is 27.3 Å². The quantitative estimate of drug-likeness (QED) is 0.741. The lowest BCUT2D eigenvalue weighted by molar-refractivity contribution is 0.0947. The summed E-state index contributed by atoms with van der Waals surface area (Å²) in [4.78, 5) is 30.3. The molecule has 0 aliphatic carbocycles. The maximum absolute atomic E-state index is 13.2. The lowest BCUT2D eigenvalue weighted by atomic mass is 10.2. The van der Waals surface area contributed by atoms with Crippen molar-refractivity contribution < 1.29 is 18.4 Å². The summed E-state index contributed by atoms with van der Waals surface area (Å²) in [6, 6.07) is 5.82. The molecule has 2 amide bonds. The number of hydrogen-bond donors (Lipinski definition) is 2. The SMILES string of the molecule is CN(C)CCCNC(=O)c1cc(C(=O)Nc2ccc(F)c(F)c2)ccn1. The highest BCUT2D eigenvalue weighted by Crippen LogP contribution is 2.14. The van der Waals surface area contributed by atoms with E-state index in [2.05, 4.69) is 15.6 Å². The molecule has 0 unspecified atom stereocenters. The molecule has 6 nitrogen and oxygen atoms in total. The number of amides is 2. The molecule has 2 N–H and O–H groups in total. The minimum Gasteiger partial charge on any atom is -0.351 e. The Morgan fingerprint density at radius 1 is 1.08 bits per heavy atom. The Morgan fingerprint density at radius 2 is 1.85 bits per heavy atom. The summed E-state index contributed by atoms with van der Waals surface area (Å²) >= 11 is 0. The monoisotopic (exact) mass is 362 g/mol. The summed E-state index contributed by atoms with van der Waals surface area (Å²) in [7, 11) is 3.89. The summed E-state index contributed by atoms with van der Waals surface area (Å²) in [5, 5.41) is 5.18. The lowest BCUT2D eigenvalue weighted by Gasteiger charge is -2.10. The molecule has 0 spiro atoms. The Morgan fingerprint density at radius 3 is 2.54 bits per heavy atom. The van der Waals surface area contributed by atoms with Crippen LogP contribution in [0.5, 0.6) is 0 Å². The third-order valence-electron chi connectivity index (χ3n) is 3.50. The molecule has 0 fully saturated rings. The molecule has 2 rings (SSSR count). The Balaban J connectivity index is 1.99. The number of aromatic nitrogens is 1. The molecule has 1 aromatic heterocycles. The Hall–Kier alpha value is -2.87. The van der Waals surface area contributed by atoms with Gasteiger partial charge in [-0.3, -0.25) is 14.6 Å². The van der Waals surface area contributed by atoms with Crippen molar-refractivity contribution in [3.8, 4) is 0 Å². The van der Waals surface area contributed by atoms with Crippen LogP contribution in [0.15, 0.2) is 36.5 Å². The van der Waals surface area contributed by atoms with Gasteiger partial charge >= 0.3 is 0 Å².